The zero-order valence-electron chi connectivity index (χ0n) is 19.9. The monoisotopic (exact) mass is 472 g/mol. The molecule has 3 N–H and O–H groups in total. The van der Waals surface area contributed by atoms with Crippen LogP contribution in [0.2, 0.25) is 0 Å². The Morgan fingerprint density at radius 2 is 2.00 bits per heavy atom. The molecule has 1 aliphatic rings. The van der Waals surface area contributed by atoms with Crippen molar-refractivity contribution in [3.63, 3.8) is 0 Å². The lowest BCUT2D eigenvalue weighted by molar-refractivity contribution is 0.0940. The average Bonchev–Trinajstić information content (AvgIpc) is 3.53. The maximum atomic E-state index is 12.8. The molecule has 0 saturated carbocycles. The first kappa shape index (κ1) is 22.6. The van der Waals surface area contributed by atoms with E-state index in [0.717, 1.165) is 40.8 Å². The molecular formula is C25H28N8O2. The molecule has 35 heavy (non-hydrogen) atoms. The number of hydrogen-bond donors (Lipinski definition) is 2. The van der Waals surface area contributed by atoms with Crippen molar-refractivity contribution in [3.8, 4) is 5.75 Å². The minimum Gasteiger partial charge on any atom is -0.496 e. The van der Waals surface area contributed by atoms with Crippen LogP contribution in [0.3, 0.4) is 0 Å². The van der Waals surface area contributed by atoms with Gasteiger partial charge in [0.15, 0.2) is 0 Å². The van der Waals surface area contributed by atoms with Gasteiger partial charge in [-0.05, 0) is 55.0 Å². The molecule has 0 atom stereocenters. The highest BCUT2D eigenvalue weighted by Gasteiger charge is 2.17. The average molecular weight is 473 g/mol. The van der Waals surface area contributed by atoms with E-state index >= 15 is 0 Å². The maximum absolute atomic E-state index is 12.8. The molecule has 0 aliphatic carbocycles. The fourth-order valence-corrected chi connectivity index (χ4v) is 4.34. The summed E-state index contributed by atoms with van der Waals surface area (Å²) in [7, 11) is 1.58. The number of methoxy groups -OCH3 is 1. The van der Waals surface area contributed by atoms with E-state index < -0.39 is 0 Å². The highest BCUT2D eigenvalue weighted by Crippen LogP contribution is 2.28. The van der Waals surface area contributed by atoms with Crippen LogP contribution in [-0.4, -0.2) is 50.8 Å². The van der Waals surface area contributed by atoms with Crippen LogP contribution in [0.25, 0.3) is 10.8 Å². The van der Waals surface area contributed by atoms with Gasteiger partial charge >= 0.3 is 0 Å². The Morgan fingerprint density at radius 3 is 2.74 bits per heavy atom. The predicted molar refractivity (Wildman–Crippen MR) is 133 cm³/mol. The number of nitrogens with zero attached hydrogens (tertiary/aromatic N) is 6. The lowest BCUT2D eigenvalue weighted by Gasteiger charge is -2.16. The number of carbonyl (C=O) groups excluding carboxylic acids is 1. The van der Waals surface area contributed by atoms with Crippen molar-refractivity contribution in [2.75, 3.05) is 30.8 Å². The molecule has 4 aromatic rings. The molecule has 5 rings (SSSR count). The number of nitrogen functional groups attached to an aromatic ring is 1. The summed E-state index contributed by atoms with van der Waals surface area (Å²) in [5, 5.41) is 9.04. The number of amides is 1. The minimum atomic E-state index is -0.356. The second kappa shape index (κ2) is 9.57. The van der Waals surface area contributed by atoms with Gasteiger partial charge in [-0.15, -0.1) is 5.10 Å². The molecule has 0 bridgehead atoms. The van der Waals surface area contributed by atoms with E-state index in [4.69, 9.17) is 10.5 Å². The van der Waals surface area contributed by atoms with Gasteiger partial charge in [-0.3, -0.25) is 4.79 Å². The zero-order chi connectivity index (χ0) is 24.4. The predicted octanol–water partition coefficient (Wildman–Crippen LogP) is 2.70. The molecule has 3 aromatic heterocycles. The SMILES string of the molecule is COc1cc2c(N)nccc2cc1CNC(=O)c1nc(C)n(Cc2ccc(N3CCCC3)nc2)n1. The number of aromatic nitrogens is 5. The number of anilines is 2. The molecule has 180 valence electrons. The quantitative estimate of drug-likeness (QED) is 0.421. The van der Waals surface area contributed by atoms with E-state index in [0.29, 0.717) is 23.9 Å². The molecule has 0 spiro atoms. The normalized spacial score (nSPS) is 13.4. The zero-order valence-corrected chi connectivity index (χ0v) is 19.9. The van der Waals surface area contributed by atoms with Crippen molar-refractivity contribution < 1.29 is 9.53 Å². The van der Waals surface area contributed by atoms with Crippen LogP contribution < -0.4 is 20.7 Å². The van der Waals surface area contributed by atoms with Crippen molar-refractivity contribution in [2.24, 2.45) is 0 Å². The van der Waals surface area contributed by atoms with E-state index in [1.807, 2.05) is 37.4 Å². The molecule has 1 amide bonds. The number of carbonyl (C=O) groups is 1. The van der Waals surface area contributed by atoms with Gasteiger partial charge in [-0.25, -0.2) is 19.6 Å². The van der Waals surface area contributed by atoms with E-state index in [9.17, 15) is 4.79 Å². The Kier molecular flexibility index (Phi) is 6.17. The van der Waals surface area contributed by atoms with Crippen molar-refractivity contribution in [2.45, 2.75) is 32.9 Å². The van der Waals surface area contributed by atoms with Crippen molar-refractivity contribution in [3.05, 3.63) is 65.5 Å². The highest BCUT2D eigenvalue weighted by molar-refractivity contribution is 5.93. The molecule has 1 fully saturated rings. The number of nitrogens with two attached hydrogens (primary N) is 1. The Labute approximate surface area is 203 Å². The van der Waals surface area contributed by atoms with Gasteiger partial charge in [0.2, 0.25) is 5.82 Å². The number of nitrogens with one attached hydrogen (secondary N) is 1. The van der Waals surface area contributed by atoms with Crippen LogP contribution in [0.4, 0.5) is 11.6 Å². The fourth-order valence-electron chi connectivity index (χ4n) is 4.34. The molecule has 10 heteroatoms. The topological polar surface area (TPSA) is 124 Å². The maximum Gasteiger partial charge on any atom is 0.291 e. The summed E-state index contributed by atoms with van der Waals surface area (Å²) in [6.45, 7) is 4.70. The van der Waals surface area contributed by atoms with Gasteiger partial charge in [-0.1, -0.05) is 6.07 Å². The van der Waals surface area contributed by atoms with Gasteiger partial charge in [0.25, 0.3) is 5.91 Å². The Morgan fingerprint density at radius 1 is 1.17 bits per heavy atom. The first-order chi connectivity index (χ1) is 17.0. The number of pyridine rings is 2. The summed E-state index contributed by atoms with van der Waals surface area (Å²) in [5.74, 6) is 2.48. The molecule has 4 heterocycles. The molecule has 0 radical (unpaired) electrons. The Bertz CT molecular complexity index is 1360. The summed E-state index contributed by atoms with van der Waals surface area (Å²) < 4.78 is 7.21. The summed E-state index contributed by atoms with van der Waals surface area (Å²) in [6.07, 6.45) is 5.95. The number of benzene rings is 1. The van der Waals surface area contributed by atoms with E-state index in [1.165, 1.54) is 12.8 Å². The number of ether oxygens (including phenoxy) is 1. The van der Waals surface area contributed by atoms with Crippen LogP contribution in [0.1, 0.15) is 40.4 Å². The third kappa shape index (κ3) is 4.72. The van der Waals surface area contributed by atoms with Crippen molar-refractivity contribution >= 4 is 28.3 Å². The summed E-state index contributed by atoms with van der Waals surface area (Å²) in [4.78, 5) is 28.2. The van der Waals surface area contributed by atoms with Gasteiger partial charge in [0, 0.05) is 43.0 Å². The standard InChI is InChI=1S/C25H28N8O2/c1-16-30-24(31-33(16)15-17-5-6-22(28-13-17)32-9-3-4-10-32)25(34)29-14-19-11-18-7-8-27-23(26)20(18)12-21(19)35-2/h5-8,11-13H,3-4,9-10,14-15H2,1-2H3,(H2,26,27)(H,29,34). The van der Waals surface area contributed by atoms with Crippen LogP contribution in [0.5, 0.6) is 5.75 Å². The summed E-state index contributed by atoms with van der Waals surface area (Å²) in [6, 6.07) is 9.73. The molecule has 0 unspecified atom stereocenters. The molecule has 1 saturated heterocycles. The number of fused-ring (bicyclic) bond motifs is 1. The van der Waals surface area contributed by atoms with Crippen LogP contribution in [-0.2, 0) is 13.1 Å². The second-order valence-corrected chi connectivity index (χ2v) is 8.62. The Balaban J connectivity index is 1.26. The third-order valence-corrected chi connectivity index (χ3v) is 6.27. The lowest BCUT2D eigenvalue weighted by atomic mass is 10.1. The van der Waals surface area contributed by atoms with Gasteiger partial charge < -0.3 is 20.7 Å². The van der Waals surface area contributed by atoms with Gasteiger partial charge in [-0.2, -0.15) is 0 Å². The second-order valence-electron chi connectivity index (χ2n) is 8.62. The van der Waals surface area contributed by atoms with E-state index in [2.05, 4.69) is 36.3 Å². The van der Waals surface area contributed by atoms with E-state index in [1.54, 1.807) is 18.0 Å². The summed E-state index contributed by atoms with van der Waals surface area (Å²) in [5.41, 5.74) is 7.80. The summed E-state index contributed by atoms with van der Waals surface area (Å²) >= 11 is 0. The van der Waals surface area contributed by atoms with Gasteiger partial charge in [0.05, 0.1) is 13.7 Å². The largest absolute Gasteiger partial charge is 0.496 e. The molecule has 1 aliphatic heterocycles. The number of hydrogen-bond acceptors (Lipinski definition) is 8. The minimum absolute atomic E-state index is 0.123. The van der Waals surface area contributed by atoms with Crippen LogP contribution in [0, 0.1) is 6.92 Å². The molecule has 10 nitrogen and oxygen atoms in total. The Hall–Kier alpha value is -4.21. The first-order valence-corrected chi connectivity index (χ1v) is 11.6. The van der Waals surface area contributed by atoms with Gasteiger partial charge in [0.1, 0.15) is 23.2 Å². The highest BCUT2D eigenvalue weighted by atomic mass is 16.5. The van der Waals surface area contributed by atoms with Crippen LogP contribution in [0.15, 0.2) is 42.7 Å². The molecular weight excluding hydrogens is 444 g/mol. The third-order valence-electron chi connectivity index (χ3n) is 6.27. The first-order valence-electron chi connectivity index (χ1n) is 11.6. The lowest BCUT2D eigenvalue weighted by Crippen LogP contribution is -2.24. The van der Waals surface area contributed by atoms with E-state index in [-0.39, 0.29) is 18.3 Å². The molecule has 1 aromatic carbocycles. The van der Waals surface area contributed by atoms with Crippen LogP contribution >= 0.6 is 0 Å². The van der Waals surface area contributed by atoms with Crippen molar-refractivity contribution in [1.29, 1.82) is 0 Å². The van der Waals surface area contributed by atoms with Crippen molar-refractivity contribution in [1.82, 2.24) is 30.0 Å². The number of aryl methyl sites for hydroxylation is 1. The fraction of sp³-hybridized carbons (Fsp3) is 0.320. The number of rotatable bonds is 7. The smallest absolute Gasteiger partial charge is 0.291 e.